The largest absolute Gasteiger partial charge is 0.355 e. The quantitative estimate of drug-likeness (QED) is 0.352. The smallest absolute Gasteiger partial charge is 0.264 e. The predicted molar refractivity (Wildman–Crippen MR) is 152 cm³/mol. The molecule has 0 aliphatic rings. The van der Waals surface area contributed by atoms with Gasteiger partial charge in [0.2, 0.25) is 11.8 Å². The van der Waals surface area contributed by atoms with Gasteiger partial charge in [0, 0.05) is 28.7 Å². The van der Waals surface area contributed by atoms with E-state index in [1.807, 2.05) is 13.8 Å². The summed E-state index contributed by atoms with van der Waals surface area (Å²) in [6, 6.07) is 17.2. The summed E-state index contributed by atoms with van der Waals surface area (Å²) >= 11 is 12.8. The van der Waals surface area contributed by atoms with E-state index in [2.05, 4.69) is 5.32 Å². The first-order chi connectivity index (χ1) is 18.0. The number of likely N-dealkylation sites (N-methyl/N-ethyl adjacent to an activating group) is 1. The highest BCUT2D eigenvalue weighted by Gasteiger charge is 2.33. The first-order valence-electron chi connectivity index (χ1n) is 12.1. The second kappa shape index (κ2) is 12.7. The number of amides is 2. The second-order valence-electron chi connectivity index (χ2n) is 8.89. The lowest BCUT2D eigenvalue weighted by Gasteiger charge is -2.32. The van der Waals surface area contributed by atoms with Crippen molar-refractivity contribution in [2.24, 2.45) is 0 Å². The Morgan fingerprint density at radius 3 is 2.13 bits per heavy atom. The second-order valence-corrected chi connectivity index (χ2v) is 11.6. The Bertz CT molecular complexity index is 1390. The van der Waals surface area contributed by atoms with Crippen molar-refractivity contribution in [3.63, 3.8) is 0 Å². The molecule has 38 heavy (non-hydrogen) atoms. The molecule has 0 saturated heterocycles. The number of aryl methyl sites for hydroxylation is 2. The van der Waals surface area contributed by atoms with Gasteiger partial charge in [-0.05, 0) is 75.2 Å². The molecule has 2 amide bonds. The van der Waals surface area contributed by atoms with Gasteiger partial charge in [-0.3, -0.25) is 13.9 Å². The van der Waals surface area contributed by atoms with E-state index in [1.54, 1.807) is 68.4 Å². The van der Waals surface area contributed by atoms with Crippen molar-refractivity contribution in [2.45, 2.75) is 45.2 Å². The van der Waals surface area contributed by atoms with E-state index in [4.69, 9.17) is 23.2 Å². The van der Waals surface area contributed by atoms with Crippen LogP contribution in [0, 0.1) is 13.8 Å². The lowest BCUT2D eigenvalue weighted by Crippen LogP contribution is -2.51. The number of halogens is 2. The Hall–Kier alpha value is -3.07. The Labute approximate surface area is 234 Å². The molecule has 1 N–H and O–H groups in total. The van der Waals surface area contributed by atoms with Crippen LogP contribution in [-0.4, -0.2) is 44.3 Å². The van der Waals surface area contributed by atoms with E-state index in [-0.39, 0.29) is 17.3 Å². The molecule has 1 atom stereocenters. The standard InChI is InChI=1S/C28H31Cl2N3O4S/c1-5-31-28(35)21(4)32(17-24-25(29)12-9-13-26(24)30)27(34)18-33(22-15-14-19(2)20(3)16-22)38(36,37)23-10-7-6-8-11-23/h6-16,21H,5,17-18H2,1-4H3,(H,31,35)/t21-/m0/s1. The van der Waals surface area contributed by atoms with Crippen LogP contribution in [0.1, 0.15) is 30.5 Å². The number of nitrogens with one attached hydrogen (secondary N) is 1. The number of nitrogens with zero attached hydrogens (tertiary/aromatic N) is 2. The van der Waals surface area contributed by atoms with Crippen LogP contribution in [0.15, 0.2) is 71.6 Å². The van der Waals surface area contributed by atoms with Gasteiger partial charge < -0.3 is 10.2 Å². The molecule has 0 fully saturated rings. The third-order valence-corrected chi connectivity index (χ3v) is 8.79. The number of carbonyl (C=O) groups excluding carboxylic acids is 2. The summed E-state index contributed by atoms with van der Waals surface area (Å²) in [6.45, 7) is 6.90. The van der Waals surface area contributed by atoms with Crippen molar-refractivity contribution in [1.29, 1.82) is 0 Å². The molecule has 0 saturated carbocycles. The zero-order valence-corrected chi connectivity index (χ0v) is 24.1. The number of sulfonamides is 1. The maximum absolute atomic E-state index is 13.9. The van der Waals surface area contributed by atoms with Gasteiger partial charge in [-0.15, -0.1) is 0 Å². The van der Waals surface area contributed by atoms with Crippen molar-refractivity contribution in [1.82, 2.24) is 10.2 Å². The van der Waals surface area contributed by atoms with Crippen LogP contribution in [0.4, 0.5) is 5.69 Å². The monoisotopic (exact) mass is 575 g/mol. The Morgan fingerprint density at radius 2 is 1.55 bits per heavy atom. The summed E-state index contributed by atoms with van der Waals surface area (Å²) in [7, 11) is -4.12. The number of hydrogen-bond donors (Lipinski definition) is 1. The van der Waals surface area contributed by atoms with Crippen molar-refractivity contribution in [2.75, 3.05) is 17.4 Å². The van der Waals surface area contributed by atoms with E-state index >= 15 is 0 Å². The van der Waals surface area contributed by atoms with Gasteiger partial charge in [0.15, 0.2) is 0 Å². The summed E-state index contributed by atoms with van der Waals surface area (Å²) in [5.41, 5.74) is 2.66. The van der Waals surface area contributed by atoms with Gasteiger partial charge in [0.25, 0.3) is 10.0 Å². The number of rotatable bonds is 10. The van der Waals surface area contributed by atoms with E-state index in [0.29, 0.717) is 27.8 Å². The molecule has 10 heteroatoms. The van der Waals surface area contributed by atoms with E-state index in [1.165, 1.54) is 17.0 Å². The van der Waals surface area contributed by atoms with Crippen LogP contribution in [0.3, 0.4) is 0 Å². The van der Waals surface area contributed by atoms with Gasteiger partial charge >= 0.3 is 0 Å². The lowest BCUT2D eigenvalue weighted by atomic mass is 10.1. The number of anilines is 1. The van der Waals surface area contributed by atoms with Gasteiger partial charge in [-0.2, -0.15) is 0 Å². The first-order valence-corrected chi connectivity index (χ1v) is 14.3. The fourth-order valence-electron chi connectivity index (χ4n) is 3.89. The van der Waals surface area contributed by atoms with Crippen LogP contribution in [-0.2, 0) is 26.2 Å². The van der Waals surface area contributed by atoms with Crippen molar-refractivity contribution in [3.05, 3.63) is 93.5 Å². The SMILES string of the molecule is CCNC(=O)[C@H](C)N(Cc1c(Cl)cccc1Cl)C(=O)CN(c1ccc(C)c(C)c1)S(=O)(=O)c1ccccc1. The molecule has 3 aromatic carbocycles. The van der Waals surface area contributed by atoms with Crippen LogP contribution in [0.25, 0.3) is 0 Å². The maximum Gasteiger partial charge on any atom is 0.264 e. The minimum absolute atomic E-state index is 0.0449. The zero-order chi connectivity index (χ0) is 28.0. The summed E-state index contributed by atoms with van der Waals surface area (Å²) in [5, 5.41) is 3.39. The third-order valence-electron chi connectivity index (χ3n) is 6.30. The molecule has 0 unspecified atom stereocenters. The predicted octanol–water partition coefficient (Wildman–Crippen LogP) is 5.36. The molecule has 0 aliphatic carbocycles. The molecule has 0 aliphatic heterocycles. The minimum Gasteiger partial charge on any atom is -0.355 e. The third kappa shape index (κ3) is 6.67. The summed E-state index contributed by atoms with van der Waals surface area (Å²) in [5.74, 6) is -0.967. The molecule has 0 heterocycles. The fourth-order valence-corrected chi connectivity index (χ4v) is 5.83. The Kier molecular flexibility index (Phi) is 9.82. The summed E-state index contributed by atoms with van der Waals surface area (Å²) < 4.78 is 28.7. The van der Waals surface area contributed by atoms with Crippen molar-refractivity contribution in [3.8, 4) is 0 Å². The molecular formula is C28H31Cl2N3O4S. The van der Waals surface area contributed by atoms with Gasteiger partial charge in [0.05, 0.1) is 10.6 Å². The Morgan fingerprint density at radius 1 is 0.921 bits per heavy atom. The number of benzene rings is 3. The molecule has 0 aromatic heterocycles. The summed E-state index contributed by atoms with van der Waals surface area (Å²) in [4.78, 5) is 28.0. The molecule has 3 rings (SSSR count). The Balaban J connectivity index is 2.08. The average molecular weight is 577 g/mol. The van der Waals surface area contributed by atoms with Crippen molar-refractivity contribution < 1.29 is 18.0 Å². The molecular weight excluding hydrogens is 545 g/mol. The van der Waals surface area contributed by atoms with E-state index < -0.39 is 28.5 Å². The normalized spacial score (nSPS) is 12.1. The average Bonchev–Trinajstić information content (AvgIpc) is 2.89. The van der Waals surface area contributed by atoms with E-state index in [0.717, 1.165) is 15.4 Å². The zero-order valence-electron chi connectivity index (χ0n) is 21.7. The van der Waals surface area contributed by atoms with Crippen molar-refractivity contribution >= 4 is 50.7 Å². The molecule has 0 radical (unpaired) electrons. The number of hydrogen-bond acceptors (Lipinski definition) is 4. The highest BCUT2D eigenvalue weighted by atomic mass is 35.5. The summed E-state index contributed by atoms with van der Waals surface area (Å²) in [6.07, 6.45) is 0. The molecule has 0 bridgehead atoms. The molecule has 3 aromatic rings. The maximum atomic E-state index is 13.9. The highest BCUT2D eigenvalue weighted by molar-refractivity contribution is 7.92. The van der Waals surface area contributed by atoms with Gasteiger partial charge in [0.1, 0.15) is 12.6 Å². The molecule has 7 nitrogen and oxygen atoms in total. The van der Waals surface area contributed by atoms with Crippen LogP contribution in [0.5, 0.6) is 0 Å². The van der Waals surface area contributed by atoms with Gasteiger partial charge in [-0.1, -0.05) is 53.5 Å². The first kappa shape index (κ1) is 29.5. The lowest BCUT2D eigenvalue weighted by molar-refractivity contribution is -0.139. The minimum atomic E-state index is -4.12. The van der Waals surface area contributed by atoms with Crippen LogP contribution < -0.4 is 9.62 Å². The van der Waals surface area contributed by atoms with E-state index in [9.17, 15) is 18.0 Å². The van der Waals surface area contributed by atoms with Crippen LogP contribution in [0.2, 0.25) is 10.0 Å². The molecule has 0 spiro atoms. The van der Waals surface area contributed by atoms with Crippen LogP contribution >= 0.6 is 23.2 Å². The topological polar surface area (TPSA) is 86.8 Å². The number of carbonyl (C=O) groups is 2. The highest BCUT2D eigenvalue weighted by Crippen LogP contribution is 2.29. The molecule has 202 valence electrons. The fraction of sp³-hybridized carbons (Fsp3) is 0.286. The van der Waals surface area contributed by atoms with Gasteiger partial charge in [-0.25, -0.2) is 8.42 Å².